The number of ether oxygens (including phenoxy) is 1. The summed E-state index contributed by atoms with van der Waals surface area (Å²) in [6, 6.07) is 6.09. The highest BCUT2D eigenvalue weighted by atomic mass is 79.9. The molecule has 4 heteroatoms. The van der Waals surface area contributed by atoms with E-state index in [9.17, 15) is 0 Å². The van der Waals surface area contributed by atoms with Gasteiger partial charge in [-0.25, -0.2) is 0 Å². The zero-order chi connectivity index (χ0) is 11.7. The summed E-state index contributed by atoms with van der Waals surface area (Å²) in [5, 5.41) is 4.36. The first-order chi connectivity index (χ1) is 7.70. The molecule has 0 aliphatic rings. The highest BCUT2D eigenvalue weighted by molar-refractivity contribution is 9.10. The average Bonchev–Trinajstić information content (AvgIpc) is 2.55. The summed E-state index contributed by atoms with van der Waals surface area (Å²) in [6.45, 7) is 0.828. The van der Waals surface area contributed by atoms with Gasteiger partial charge in [0, 0.05) is 29.1 Å². The van der Waals surface area contributed by atoms with Gasteiger partial charge in [0.25, 0.3) is 0 Å². The maximum atomic E-state index is 5.39. The molecular weight excluding hydrogens is 268 g/mol. The van der Waals surface area contributed by atoms with Crippen LogP contribution in [0.2, 0.25) is 0 Å². The quantitative estimate of drug-likeness (QED) is 0.937. The lowest BCUT2D eigenvalue weighted by atomic mass is 10.2. The standard InChI is InChI=1S/C12H15BrN2O/c1-14-7-9-11(13)8-5-4-6-10(16-3)12(8)15(9)2/h4-6,14H,7H2,1-3H3. The van der Waals surface area contributed by atoms with Crippen LogP contribution in [0.15, 0.2) is 22.7 Å². The number of benzene rings is 1. The van der Waals surface area contributed by atoms with Gasteiger partial charge in [0.15, 0.2) is 0 Å². The van der Waals surface area contributed by atoms with Crippen LogP contribution in [-0.2, 0) is 13.6 Å². The number of fused-ring (bicyclic) bond motifs is 1. The molecule has 1 aromatic carbocycles. The predicted octanol–water partition coefficient (Wildman–Crippen LogP) is 2.67. The fourth-order valence-corrected chi connectivity index (χ4v) is 2.74. The van der Waals surface area contributed by atoms with E-state index in [1.54, 1.807) is 7.11 Å². The molecule has 0 amide bonds. The minimum Gasteiger partial charge on any atom is -0.495 e. The molecule has 16 heavy (non-hydrogen) atoms. The number of aryl methyl sites for hydroxylation is 1. The van der Waals surface area contributed by atoms with Crippen molar-refractivity contribution in [2.24, 2.45) is 7.05 Å². The topological polar surface area (TPSA) is 26.2 Å². The van der Waals surface area contributed by atoms with E-state index < -0.39 is 0 Å². The maximum absolute atomic E-state index is 5.39. The molecule has 86 valence electrons. The minimum absolute atomic E-state index is 0.828. The van der Waals surface area contributed by atoms with Crippen molar-refractivity contribution in [3.8, 4) is 5.75 Å². The zero-order valence-electron chi connectivity index (χ0n) is 9.67. The van der Waals surface area contributed by atoms with E-state index in [1.807, 2.05) is 19.2 Å². The lowest BCUT2D eigenvalue weighted by molar-refractivity contribution is 0.417. The Morgan fingerprint density at radius 2 is 2.19 bits per heavy atom. The van der Waals surface area contributed by atoms with Crippen molar-refractivity contribution in [3.63, 3.8) is 0 Å². The molecule has 3 nitrogen and oxygen atoms in total. The van der Waals surface area contributed by atoms with E-state index in [0.717, 1.165) is 22.3 Å². The van der Waals surface area contributed by atoms with E-state index in [1.165, 1.54) is 11.1 Å². The Bertz CT molecular complexity index is 519. The molecule has 0 spiro atoms. The molecule has 0 aliphatic heterocycles. The second kappa shape index (κ2) is 4.47. The van der Waals surface area contributed by atoms with Gasteiger partial charge < -0.3 is 14.6 Å². The largest absolute Gasteiger partial charge is 0.495 e. The monoisotopic (exact) mass is 282 g/mol. The molecule has 0 fully saturated rings. The third kappa shape index (κ3) is 1.62. The molecule has 0 saturated heterocycles. The molecule has 1 N–H and O–H groups in total. The lowest BCUT2D eigenvalue weighted by Gasteiger charge is -2.06. The normalized spacial score (nSPS) is 11.0. The zero-order valence-corrected chi connectivity index (χ0v) is 11.3. The van der Waals surface area contributed by atoms with Crippen molar-refractivity contribution in [2.45, 2.75) is 6.54 Å². The second-order valence-electron chi connectivity index (χ2n) is 3.71. The lowest BCUT2D eigenvalue weighted by Crippen LogP contribution is -2.09. The van der Waals surface area contributed by atoms with Crippen molar-refractivity contribution < 1.29 is 4.74 Å². The summed E-state index contributed by atoms with van der Waals surface area (Å²) in [5.41, 5.74) is 2.35. The molecule has 2 aromatic rings. The van der Waals surface area contributed by atoms with Crippen molar-refractivity contribution in [1.29, 1.82) is 0 Å². The van der Waals surface area contributed by atoms with Crippen molar-refractivity contribution in [1.82, 2.24) is 9.88 Å². The van der Waals surface area contributed by atoms with Crippen LogP contribution in [0.25, 0.3) is 10.9 Å². The van der Waals surface area contributed by atoms with Crippen molar-refractivity contribution in [2.75, 3.05) is 14.2 Å². The highest BCUT2D eigenvalue weighted by Gasteiger charge is 2.15. The molecule has 0 atom stereocenters. The molecule has 0 radical (unpaired) electrons. The van der Waals surface area contributed by atoms with Crippen LogP contribution in [0.3, 0.4) is 0 Å². The highest BCUT2D eigenvalue weighted by Crippen LogP contribution is 2.35. The number of nitrogens with zero attached hydrogens (tertiary/aromatic N) is 1. The number of para-hydroxylation sites is 1. The Labute approximate surface area is 104 Å². The second-order valence-corrected chi connectivity index (χ2v) is 4.50. The van der Waals surface area contributed by atoms with Gasteiger partial charge in [0.2, 0.25) is 0 Å². The van der Waals surface area contributed by atoms with Crippen molar-refractivity contribution >= 4 is 26.8 Å². The van der Waals surface area contributed by atoms with Crippen LogP contribution in [0.1, 0.15) is 5.69 Å². The first-order valence-corrected chi connectivity index (χ1v) is 5.94. The molecule has 1 heterocycles. The summed E-state index contributed by atoms with van der Waals surface area (Å²) < 4.78 is 8.69. The molecule has 0 aliphatic carbocycles. The molecule has 0 saturated carbocycles. The summed E-state index contributed by atoms with van der Waals surface area (Å²) >= 11 is 3.65. The Balaban J connectivity index is 2.77. The van der Waals surface area contributed by atoms with Crippen LogP contribution < -0.4 is 10.1 Å². The minimum atomic E-state index is 0.828. The summed E-state index contributed by atoms with van der Waals surface area (Å²) in [5.74, 6) is 0.906. The van der Waals surface area contributed by atoms with Gasteiger partial charge >= 0.3 is 0 Å². The molecule has 1 aromatic heterocycles. The van der Waals surface area contributed by atoms with Gasteiger partial charge in [-0.15, -0.1) is 0 Å². The van der Waals surface area contributed by atoms with Gasteiger partial charge in [0.05, 0.1) is 12.6 Å². The van der Waals surface area contributed by atoms with Gasteiger partial charge in [-0.2, -0.15) is 0 Å². The number of nitrogens with one attached hydrogen (secondary N) is 1. The van der Waals surface area contributed by atoms with E-state index >= 15 is 0 Å². The molecule has 0 bridgehead atoms. The first kappa shape index (κ1) is 11.5. The van der Waals surface area contributed by atoms with Gasteiger partial charge in [-0.3, -0.25) is 0 Å². The third-order valence-corrected chi connectivity index (χ3v) is 3.68. The van der Waals surface area contributed by atoms with E-state index in [4.69, 9.17) is 4.74 Å². The fraction of sp³-hybridized carbons (Fsp3) is 0.333. The smallest absolute Gasteiger partial charge is 0.143 e. The Hall–Kier alpha value is -1.00. The fourth-order valence-electron chi connectivity index (χ4n) is 2.01. The van der Waals surface area contributed by atoms with E-state index in [0.29, 0.717) is 0 Å². The van der Waals surface area contributed by atoms with Crippen LogP contribution in [0.4, 0.5) is 0 Å². The van der Waals surface area contributed by atoms with Crippen LogP contribution >= 0.6 is 15.9 Å². The summed E-state index contributed by atoms with van der Waals surface area (Å²) in [6.07, 6.45) is 0. The summed E-state index contributed by atoms with van der Waals surface area (Å²) in [7, 11) is 5.71. The number of aromatic nitrogens is 1. The van der Waals surface area contributed by atoms with Crippen molar-refractivity contribution in [3.05, 3.63) is 28.4 Å². The third-order valence-electron chi connectivity index (χ3n) is 2.79. The van der Waals surface area contributed by atoms with E-state index in [2.05, 4.69) is 38.9 Å². The molecule has 0 unspecified atom stereocenters. The Kier molecular flexibility index (Phi) is 3.21. The van der Waals surface area contributed by atoms with Gasteiger partial charge in [-0.05, 0) is 29.0 Å². The van der Waals surface area contributed by atoms with Crippen LogP contribution in [-0.4, -0.2) is 18.7 Å². The first-order valence-electron chi connectivity index (χ1n) is 5.15. The van der Waals surface area contributed by atoms with Crippen LogP contribution in [0.5, 0.6) is 5.75 Å². The van der Waals surface area contributed by atoms with Gasteiger partial charge in [-0.1, -0.05) is 12.1 Å². The number of hydrogen-bond donors (Lipinski definition) is 1. The molecule has 2 rings (SSSR count). The predicted molar refractivity (Wildman–Crippen MR) is 69.9 cm³/mol. The number of halogens is 1. The Morgan fingerprint density at radius 3 is 2.81 bits per heavy atom. The van der Waals surface area contributed by atoms with Crippen LogP contribution in [0, 0.1) is 0 Å². The number of methoxy groups -OCH3 is 1. The number of hydrogen-bond acceptors (Lipinski definition) is 2. The van der Waals surface area contributed by atoms with E-state index in [-0.39, 0.29) is 0 Å². The Morgan fingerprint density at radius 1 is 1.44 bits per heavy atom. The average molecular weight is 283 g/mol. The maximum Gasteiger partial charge on any atom is 0.143 e. The number of rotatable bonds is 3. The SMILES string of the molecule is CNCc1c(Br)c2cccc(OC)c2n1C. The summed E-state index contributed by atoms with van der Waals surface area (Å²) in [4.78, 5) is 0. The molecular formula is C12H15BrN2O. The van der Waals surface area contributed by atoms with Gasteiger partial charge in [0.1, 0.15) is 5.75 Å².